The zero-order valence-electron chi connectivity index (χ0n) is 13.2. The summed E-state index contributed by atoms with van der Waals surface area (Å²) in [4.78, 5) is 12.3. The van der Waals surface area contributed by atoms with Crippen molar-refractivity contribution in [3.8, 4) is 0 Å². The van der Waals surface area contributed by atoms with Crippen molar-refractivity contribution in [2.45, 2.75) is 53.6 Å². The minimum absolute atomic E-state index is 0.107. The monoisotopic (exact) mass is 290 g/mol. The first kappa shape index (κ1) is 15.3. The molecular weight excluding hydrogens is 268 g/mol. The quantitative estimate of drug-likeness (QED) is 0.917. The van der Waals surface area contributed by atoms with E-state index in [1.54, 1.807) is 0 Å². The van der Waals surface area contributed by atoms with Crippen LogP contribution in [0.4, 0.5) is 0 Å². The number of carbonyl (C=O) groups is 1. The standard InChI is InChI=1S/C15H22N4O2/c1-6-9(2)16-15(20)14-13(12(5)21-18-14)8-19-11(4)7-10(3)17-19/h7,9H,6,8H2,1-5H3,(H,16,20)/t9-/m0/s1. The van der Waals surface area contributed by atoms with E-state index in [0.29, 0.717) is 18.0 Å². The number of nitrogens with one attached hydrogen (secondary N) is 1. The number of rotatable bonds is 5. The van der Waals surface area contributed by atoms with Crippen LogP contribution in [0.3, 0.4) is 0 Å². The van der Waals surface area contributed by atoms with Crippen molar-refractivity contribution in [2.75, 3.05) is 0 Å². The van der Waals surface area contributed by atoms with E-state index >= 15 is 0 Å². The summed E-state index contributed by atoms with van der Waals surface area (Å²) in [5.41, 5.74) is 3.12. The molecular formula is C15H22N4O2. The molecule has 6 nitrogen and oxygen atoms in total. The summed E-state index contributed by atoms with van der Waals surface area (Å²) in [6.07, 6.45) is 0.870. The van der Waals surface area contributed by atoms with Crippen LogP contribution in [0, 0.1) is 20.8 Å². The Kier molecular flexibility index (Phi) is 4.45. The van der Waals surface area contributed by atoms with Gasteiger partial charge in [-0.15, -0.1) is 0 Å². The Morgan fingerprint density at radius 3 is 2.71 bits per heavy atom. The molecule has 1 amide bonds. The highest BCUT2D eigenvalue weighted by molar-refractivity contribution is 5.93. The van der Waals surface area contributed by atoms with Crippen molar-refractivity contribution in [1.29, 1.82) is 0 Å². The molecule has 0 bridgehead atoms. The van der Waals surface area contributed by atoms with E-state index in [1.165, 1.54) is 0 Å². The van der Waals surface area contributed by atoms with Crippen LogP contribution in [0.1, 0.15) is 53.5 Å². The lowest BCUT2D eigenvalue weighted by molar-refractivity contribution is 0.0929. The Hall–Kier alpha value is -2.11. The lowest BCUT2D eigenvalue weighted by Crippen LogP contribution is -2.33. The largest absolute Gasteiger partial charge is 0.361 e. The summed E-state index contributed by atoms with van der Waals surface area (Å²) < 4.78 is 7.05. The van der Waals surface area contributed by atoms with Crippen LogP contribution in [0.5, 0.6) is 0 Å². The van der Waals surface area contributed by atoms with E-state index in [4.69, 9.17) is 4.52 Å². The second kappa shape index (κ2) is 6.11. The normalized spacial score (nSPS) is 12.4. The second-order valence-corrected chi connectivity index (χ2v) is 5.43. The summed E-state index contributed by atoms with van der Waals surface area (Å²) in [6.45, 7) is 10.2. The average Bonchev–Trinajstić information content (AvgIpc) is 2.94. The first-order valence-corrected chi connectivity index (χ1v) is 7.19. The zero-order chi connectivity index (χ0) is 15.6. The molecule has 0 unspecified atom stereocenters. The number of hydrogen-bond acceptors (Lipinski definition) is 4. The van der Waals surface area contributed by atoms with E-state index in [0.717, 1.165) is 23.4 Å². The van der Waals surface area contributed by atoms with Crippen LogP contribution in [0.25, 0.3) is 0 Å². The van der Waals surface area contributed by atoms with E-state index in [2.05, 4.69) is 15.6 Å². The molecule has 6 heteroatoms. The van der Waals surface area contributed by atoms with Crippen LogP contribution in [0.15, 0.2) is 10.6 Å². The molecule has 2 aromatic heterocycles. The molecule has 0 aliphatic carbocycles. The summed E-state index contributed by atoms with van der Waals surface area (Å²) in [6, 6.07) is 2.11. The van der Waals surface area contributed by atoms with Gasteiger partial charge in [0, 0.05) is 17.3 Å². The molecule has 1 N–H and O–H groups in total. The first-order valence-electron chi connectivity index (χ1n) is 7.19. The highest BCUT2D eigenvalue weighted by atomic mass is 16.5. The van der Waals surface area contributed by atoms with Crippen molar-refractivity contribution in [3.05, 3.63) is 34.5 Å². The van der Waals surface area contributed by atoms with E-state index < -0.39 is 0 Å². The number of hydrogen-bond donors (Lipinski definition) is 1. The van der Waals surface area contributed by atoms with Gasteiger partial charge in [-0.25, -0.2) is 0 Å². The van der Waals surface area contributed by atoms with Crippen molar-refractivity contribution in [2.24, 2.45) is 0 Å². The van der Waals surface area contributed by atoms with Crippen LogP contribution in [-0.4, -0.2) is 26.9 Å². The van der Waals surface area contributed by atoms with Crippen LogP contribution in [0.2, 0.25) is 0 Å². The molecule has 0 fully saturated rings. The van der Waals surface area contributed by atoms with Gasteiger partial charge in [-0.3, -0.25) is 9.48 Å². The molecule has 2 rings (SSSR count). The van der Waals surface area contributed by atoms with Crippen molar-refractivity contribution in [3.63, 3.8) is 0 Å². The predicted molar refractivity (Wildman–Crippen MR) is 79.3 cm³/mol. The van der Waals surface area contributed by atoms with Gasteiger partial charge in [-0.05, 0) is 40.2 Å². The lowest BCUT2D eigenvalue weighted by atomic mass is 10.1. The van der Waals surface area contributed by atoms with Crippen molar-refractivity contribution in [1.82, 2.24) is 20.3 Å². The van der Waals surface area contributed by atoms with Crippen LogP contribution < -0.4 is 5.32 Å². The molecule has 0 saturated carbocycles. The fourth-order valence-corrected chi connectivity index (χ4v) is 2.13. The molecule has 21 heavy (non-hydrogen) atoms. The average molecular weight is 290 g/mol. The molecule has 0 saturated heterocycles. The summed E-state index contributed by atoms with van der Waals surface area (Å²) >= 11 is 0. The minimum Gasteiger partial charge on any atom is -0.361 e. The van der Waals surface area contributed by atoms with Gasteiger partial charge < -0.3 is 9.84 Å². The van der Waals surface area contributed by atoms with Crippen molar-refractivity contribution >= 4 is 5.91 Å². The highest BCUT2D eigenvalue weighted by Gasteiger charge is 2.21. The molecule has 0 aliphatic heterocycles. The Bertz CT molecular complexity index is 642. The molecule has 2 aromatic rings. The minimum atomic E-state index is -0.197. The topological polar surface area (TPSA) is 73.0 Å². The number of amides is 1. The van der Waals surface area contributed by atoms with Gasteiger partial charge in [0.25, 0.3) is 5.91 Å². The third-order valence-corrected chi connectivity index (χ3v) is 3.60. The SMILES string of the molecule is CC[C@H](C)NC(=O)c1noc(C)c1Cn1nc(C)cc1C. The van der Waals surface area contributed by atoms with Gasteiger partial charge in [0.05, 0.1) is 12.2 Å². The van der Waals surface area contributed by atoms with Gasteiger partial charge in [0.2, 0.25) is 0 Å². The second-order valence-electron chi connectivity index (χ2n) is 5.43. The maximum absolute atomic E-state index is 12.3. The molecule has 114 valence electrons. The summed E-state index contributed by atoms with van der Waals surface area (Å²) in [5.74, 6) is 0.453. The Morgan fingerprint density at radius 2 is 2.14 bits per heavy atom. The van der Waals surface area contributed by atoms with E-state index in [1.807, 2.05) is 45.4 Å². The zero-order valence-corrected chi connectivity index (χ0v) is 13.2. The Balaban J connectivity index is 2.26. The first-order chi connectivity index (χ1) is 9.92. The molecule has 0 aliphatic rings. The van der Waals surface area contributed by atoms with Crippen LogP contribution >= 0.6 is 0 Å². The number of aromatic nitrogens is 3. The molecule has 2 heterocycles. The number of aryl methyl sites for hydroxylation is 3. The fourth-order valence-electron chi connectivity index (χ4n) is 2.13. The van der Waals surface area contributed by atoms with Crippen LogP contribution in [-0.2, 0) is 6.54 Å². The summed E-state index contributed by atoms with van der Waals surface area (Å²) in [5, 5.41) is 11.2. The van der Waals surface area contributed by atoms with Crippen molar-refractivity contribution < 1.29 is 9.32 Å². The third-order valence-electron chi connectivity index (χ3n) is 3.60. The van der Waals surface area contributed by atoms with Gasteiger partial charge in [-0.2, -0.15) is 5.10 Å². The lowest BCUT2D eigenvalue weighted by Gasteiger charge is -2.11. The van der Waals surface area contributed by atoms with Gasteiger partial charge in [0.15, 0.2) is 5.69 Å². The van der Waals surface area contributed by atoms with Gasteiger partial charge in [-0.1, -0.05) is 12.1 Å². The summed E-state index contributed by atoms with van der Waals surface area (Å²) in [7, 11) is 0. The number of carbonyl (C=O) groups excluding carboxylic acids is 1. The Morgan fingerprint density at radius 1 is 1.43 bits per heavy atom. The highest BCUT2D eigenvalue weighted by Crippen LogP contribution is 2.16. The molecule has 0 radical (unpaired) electrons. The molecule has 0 aromatic carbocycles. The Labute approximate surface area is 124 Å². The molecule has 1 atom stereocenters. The third kappa shape index (κ3) is 3.32. The smallest absolute Gasteiger partial charge is 0.274 e. The van der Waals surface area contributed by atoms with Gasteiger partial charge >= 0.3 is 0 Å². The fraction of sp³-hybridized carbons (Fsp3) is 0.533. The van der Waals surface area contributed by atoms with E-state index in [9.17, 15) is 4.79 Å². The predicted octanol–water partition coefficient (Wildman–Crippen LogP) is 2.37. The maximum atomic E-state index is 12.3. The maximum Gasteiger partial charge on any atom is 0.274 e. The molecule has 0 spiro atoms. The number of nitrogens with zero attached hydrogens (tertiary/aromatic N) is 3. The van der Waals surface area contributed by atoms with E-state index in [-0.39, 0.29) is 11.9 Å². The van der Waals surface area contributed by atoms with Gasteiger partial charge in [0.1, 0.15) is 5.76 Å².